The third-order valence-corrected chi connectivity index (χ3v) is 8.09. The van der Waals surface area contributed by atoms with Gasteiger partial charge in [-0.3, -0.25) is 19.7 Å². The third kappa shape index (κ3) is 6.21. The molecule has 9 nitrogen and oxygen atoms in total. The highest BCUT2D eigenvalue weighted by molar-refractivity contribution is 6.28. The van der Waals surface area contributed by atoms with Crippen LogP contribution in [-0.4, -0.2) is 76.2 Å². The lowest BCUT2D eigenvalue weighted by Gasteiger charge is -2.49. The maximum Gasteiger partial charge on any atom is 0.233 e. The number of carbonyl (C=O) groups excluding carboxylic acids is 2. The van der Waals surface area contributed by atoms with E-state index in [1.165, 1.54) is 6.42 Å². The SMILES string of the molecule is CN1CCN(c2nc(Cl)nc(CNC(=O)[C@H](CC3CCCC3)CN(O)C=O)c2F)[C@@H]2CCCC[C@@H]21. The smallest absolute Gasteiger partial charge is 0.233 e. The molecule has 0 bridgehead atoms. The van der Waals surface area contributed by atoms with Crippen LogP contribution in [0.5, 0.6) is 0 Å². The van der Waals surface area contributed by atoms with Crippen LogP contribution in [0.1, 0.15) is 63.5 Å². The Morgan fingerprint density at radius 1 is 1.20 bits per heavy atom. The second-order valence-corrected chi connectivity index (χ2v) is 10.5. The molecule has 1 saturated heterocycles. The van der Waals surface area contributed by atoms with E-state index < -0.39 is 11.7 Å². The molecule has 2 saturated carbocycles. The fraction of sp³-hybridized carbons (Fsp3) is 0.750. The standard InChI is InChI=1S/C24H36ClFN6O3/c1-30-10-11-32(20-9-5-4-8-19(20)30)22-21(26)18(28-24(25)29-22)13-27-23(34)17(14-31(35)15-33)12-16-6-2-3-7-16/h15-17,19-20,35H,2-14H2,1H3,(H,27,34)/t17-,19+,20-/m1/s1. The van der Waals surface area contributed by atoms with E-state index in [1.807, 2.05) is 4.90 Å². The van der Waals surface area contributed by atoms with Crippen molar-refractivity contribution in [2.75, 3.05) is 31.6 Å². The average Bonchev–Trinajstić information content (AvgIpc) is 3.37. The molecule has 2 amide bonds. The molecule has 3 fully saturated rings. The summed E-state index contributed by atoms with van der Waals surface area (Å²) >= 11 is 6.21. The van der Waals surface area contributed by atoms with E-state index in [0.717, 1.165) is 51.5 Å². The van der Waals surface area contributed by atoms with Gasteiger partial charge in [-0.2, -0.15) is 4.98 Å². The molecule has 0 aromatic carbocycles. The van der Waals surface area contributed by atoms with Gasteiger partial charge in [0, 0.05) is 25.2 Å². The van der Waals surface area contributed by atoms with Gasteiger partial charge in [0.15, 0.2) is 11.6 Å². The van der Waals surface area contributed by atoms with Crippen molar-refractivity contribution in [3.63, 3.8) is 0 Å². The van der Waals surface area contributed by atoms with Gasteiger partial charge in [0.25, 0.3) is 0 Å². The lowest BCUT2D eigenvalue weighted by molar-refractivity contribution is -0.155. The zero-order chi connectivity index (χ0) is 24.9. The largest absolute Gasteiger partial charge is 0.350 e. The number of piperazine rings is 1. The Hall–Kier alpha value is -2.04. The molecule has 35 heavy (non-hydrogen) atoms. The molecule has 0 radical (unpaired) electrons. The summed E-state index contributed by atoms with van der Waals surface area (Å²) in [5.41, 5.74) is 0.0375. The van der Waals surface area contributed by atoms with E-state index in [4.69, 9.17) is 11.6 Å². The Morgan fingerprint density at radius 2 is 1.89 bits per heavy atom. The number of aromatic nitrogens is 2. The van der Waals surface area contributed by atoms with Crippen LogP contribution >= 0.6 is 11.6 Å². The number of anilines is 1. The molecular formula is C24H36ClFN6O3. The third-order valence-electron chi connectivity index (χ3n) is 7.92. The molecular weight excluding hydrogens is 475 g/mol. The van der Waals surface area contributed by atoms with E-state index in [9.17, 15) is 14.8 Å². The summed E-state index contributed by atoms with van der Waals surface area (Å²) in [6.07, 6.45) is 9.48. The molecule has 1 aromatic rings. The van der Waals surface area contributed by atoms with Crippen LogP contribution in [0.4, 0.5) is 10.2 Å². The van der Waals surface area contributed by atoms with E-state index in [2.05, 4.69) is 27.2 Å². The van der Waals surface area contributed by atoms with Crippen LogP contribution in [0.25, 0.3) is 0 Å². The summed E-state index contributed by atoms with van der Waals surface area (Å²) < 4.78 is 15.7. The van der Waals surface area contributed by atoms with Gasteiger partial charge in [-0.05, 0) is 43.8 Å². The van der Waals surface area contributed by atoms with E-state index >= 15 is 4.39 Å². The molecule has 0 spiro atoms. The van der Waals surface area contributed by atoms with Crippen molar-refractivity contribution in [3.8, 4) is 0 Å². The summed E-state index contributed by atoms with van der Waals surface area (Å²) in [4.78, 5) is 36.6. The zero-order valence-corrected chi connectivity index (χ0v) is 21.1. The average molecular weight is 511 g/mol. The zero-order valence-electron chi connectivity index (χ0n) is 20.3. The van der Waals surface area contributed by atoms with E-state index in [1.54, 1.807) is 0 Å². The Kier molecular flexibility index (Phi) is 8.77. The van der Waals surface area contributed by atoms with Crippen LogP contribution in [0, 0.1) is 17.7 Å². The molecule has 1 aromatic heterocycles. The number of nitrogens with one attached hydrogen (secondary N) is 1. The first kappa shape index (κ1) is 26.0. The molecule has 2 heterocycles. The van der Waals surface area contributed by atoms with E-state index in [0.29, 0.717) is 36.4 Å². The van der Waals surface area contributed by atoms with Crippen molar-refractivity contribution in [1.29, 1.82) is 0 Å². The maximum atomic E-state index is 15.7. The number of hydroxylamine groups is 2. The molecule has 2 aliphatic carbocycles. The highest BCUT2D eigenvalue weighted by Crippen LogP contribution is 2.34. The van der Waals surface area contributed by atoms with Gasteiger partial charge in [-0.25, -0.2) is 14.4 Å². The van der Waals surface area contributed by atoms with Crippen LogP contribution in [0.15, 0.2) is 0 Å². The van der Waals surface area contributed by atoms with Gasteiger partial charge in [-0.1, -0.05) is 38.5 Å². The Balaban J connectivity index is 1.48. The van der Waals surface area contributed by atoms with Crippen molar-refractivity contribution in [2.45, 2.75) is 76.4 Å². The number of amides is 2. The first-order valence-electron chi connectivity index (χ1n) is 12.7. The van der Waals surface area contributed by atoms with Gasteiger partial charge >= 0.3 is 0 Å². The summed E-state index contributed by atoms with van der Waals surface area (Å²) in [6, 6.07) is 0.518. The quantitative estimate of drug-likeness (QED) is 0.228. The predicted molar refractivity (Wildman–Crippen MR) is 129 cm³/mol. The lowest BCUT2D eigenvalue weighted by Crippen LogP contribution is -2.60. The fourth-order valence-electron chi connectivity index (χ4n) is 6.08. The normalized spacial score (nSPS) is 24.2. The first-order valence-corrected chi connectivity index (χ1v) is 13.1. The van der Waals surface area contributed by atoms with Crippen molar-refractivity contribution in [1.82, 2.24) is 25.2 Å². The second-order valence-electron chi connectivity index (χ2n) is 10.2. The molecule has 0 unspecified atom stereocenters. The molecule has 11 heteroatoms. The highest BCUT2D eigenvalue weighted by Gasteiger charge is 2.38. The number of carbonyl (C=O) groups is 2. The van der Waals surface area contributed by atoms with Gasteiger partial charge in [0.2, 0.25) is 17.6 Å². The lowest BCUT2D eigenvalue weighted by atomic mass is 9.86. The molecule has 3 aliphatic rings. The summed E-state index contributed by atoms with van der Waals surface area (Å²) in [5, 5.41) is 12.9. The number of halogens is 2. The summed E-state index contributed by atoms with van der Waals surface area (Å²) in [6.45, 7) is 1.21. The van der Waals surface area contributed by atoms with Gasteiger partial charge in [0.1, 0.15) is 5.69 Å². The van der Waals surface area contributed by atoms with Crippen molar-refractivity contribution >= 4 is 29.7 Å². The van der Waals surface area contributed by atoms with Gasteiger partial charge < -0.3 is 10.2 Å². The Bertz CT molecular complexity index is 902. The number of nitrogens with zero attached hydrogens (tertiary/aromatic N) is 5. The van der Waals surface area contributed by atoms with Crippen molar-refractivity contribution in [3.05, 3.63) is 16.8 Å². The number of hydrogen-bond acceptors (Lipinski definition) is 7. The van der Waals surface area contributed by atoms with Crippen molar-refractivity contribution in [2.24, 2.45) is 11.8 Å². The number of fused-ring (bicyclic) bond motifs is 1. The maximum absolute atomic E-state index is 15.7. The first-order chi connectivity index (χ1) is 16.9. The van der Waals surface area contributed by atoms with Crippen LogP contribution in [-0.2, 0) is 16.1 Å². The second kappa shape index (κ2) is 11.8. The minimum absolute atomic E-state index is 0.0375. The number of likely N-dealkylation sites (N-methyl/N-ethyl adjacent to an activating group) is 1. The van der Waals surface area contributed by atoms with Gasteiger partial charge in [0.05, 0.1) is 19.0 Å². The molecule has 3 atom stereocenters. The highest BCUT2D eigenvalue weighted by atomic mass is 35.5. The number of rotatable bonds is 9. The molecule has 2 N–H and O–H groups in total. The summed E-state index contributed by atoms with van der Waals surface area (Å²) in [5.74, 6) is -0.922. The Morgan fingerprint density at radius 3 is 2.60 bits per heavy atom. The fourth-order valence-corrected chi connectivity index (χ4v) is 6.27. The molecule has 194 valence electrons. The van der Waals surface area contributed by atoms with Crippen LogP contribution in [0.3, 0.4) is 0 Å². The minimum Gasteiger partial charge on any atom is -0.350 e. The Labute approximate surface area is 211 Å². The van der Waals surface area contributed by atoms with Crippen LogP contribution in [0.2, 0.25) is 5.28 Å². The molecule has 4 rings (SSSR count). The van der Waals surface area contributed by atoms with Crippen LogP contribution < -0.4 is 10.2 Å². The topological polar surface area (TPSA) is 102 Å². The predicted octanol–water partition coefficient (Wildman–Crippen LogP) is 2.99. The summed E-state index contributed by atoms with van der Waals surface area (Å²) in [7, 11) is 2.12. The number of hydrogen-bond donors (Lipinski definition) is 2. The van der Waals surface area contributed by atoms with Gasteiger partial charge in [-0.15, -0.1) is 0 Å². The van der Waals surface area contributed by atoms with Crippen molar-refractivity contribution < 1.29 is 19.2 Å². The van der Waals surface area contributed by atoms with E-state index in [-0.39, 0.29) is 41.8 Å². The monoisotopic (exact) mass is 510 g/mol. The molecule has 1 aliphatic heterocycles. The minimum atomic E-state index is -0.589.